The van der Waals surface area contributed by atoms with E-state index in [1.807, 2.05) is 0 Å². The van der Waals surface area contributed by atoms with Crippen LogP contribution in [0.15, 0.2) is 24.3 Å². The second-order valence-corrected chi connectivity index (χ2v) is 4.97. The van der Waals surface area contributed by atoms with Gasteiger partial charge in [-0.3, -0.25) is 0 Å². The van der Waals surface area contributed by atoms with Crippen LogP contribution in [0.4, 0.5) is 0 Å². The Bertz CT molecular complexity index is 315. The van der Waals surface area contributed by atoms with Crippen LogP contribution in [-0.2, 0) is 12.8 Å². The van der Waals surface area contributed by atoms with Crippen LogP contribution in [0, 0.1) is 5.92 Å². The van der Waals surface area contributed by atoms with Crippen molar-refractivity contribution in [2.24, 2.45) is 5.92 Å². The van der Waals surface area contributed by atoms with E-state index in [0.29, 0.717) is 5.92 Å². The normalized spacial score (nSPS) is 24.9. The van der Waals surface area contributed by atoms with E-state index in [9.17, 15) is 5.11 Å². The minimum Gasteiger partial charge on any atom is -0.393 e. The van der Waals surface area contributed by atoms with Crippen molar-refractivity contribution >= 4 is 0 Å². The largest absolute Gasteiger partial charge is 0.393 e. The molecule has 1 heteroatoms. The summed E-state index contributed by atoms with van der Waals surface area (Å²) in [5.74, 6) is 0.547. The summed E-state index contributed by atoms with van der Waals surface area (Å²) < 4.78 is 0. The topological polar surface area (TPSA) is 20.2 Å². The lowest BCUT2D eigenvalue weighted by molar-refractivity contribution is 0.128. The minimum atomic E-state index is -0.0325. The fourth-order valence-electron chi connectivity index (χ4n) is 2.65. The number of aliphatic hydroxyl groups excluding tert-OH is 1. The SMILES string of the molecule is CCc1ccc(CCC2CCCC2O)cc1. The molecule has 1 aromatic carbocycles. The maximum Gasteiger partial charge on any atom is 0.0568 e. The molecule has 0 bridgehead atoms. The van der Waals surface area contributed by atoms with Gasteiger partial charge in [-0.25, -0.2) is 0 Å². The van der Waals surface area contributed by atoms with Gasteiger partial charge in [-0.2, -0.15) is 0 Å². The maximum absolute atomic E-state index is 9.75. The van der Waals surface area contributed by atoms with E-state index in [1.165, 1.54) is 24.0 Å². The van der Waals surface area contributed by atoms with E-state index >= 15 is 0 Å². The Kier molecular flexibility index (Phi) is 4.00. The van der Waals surface area contributed by atoms with Crippen molar-refractivity contribution < 1.29 is 5.11 Å². The lowest BCUT2D eigenvalue weighted by Crippen LogP contribution is -2.13. The standard InChI is InChI=1S/C15H22O/c1-2-12-6-8-13(9-7-12)10-11-14-4-3-5-15(14)16/h6-9,14-16H,2-5,10-11H2,1H3. The smallest absolute Gasteiger partial charge is 0.0568 e. The highest BCUT2D eigenvalue weighted by atomic mass is 16.3. The predicted octanol–water partition coefficient (Wildman–Crippen LogP) is 3.34. The average molecular weight is 218 g/mol. The molecule has 1 aliphatic rings. The average Bonchev–Trinajstić information content (AvgIpc) is 2.73. The number of aryl methyl sites for hydroxylation is 2. The van der Waals surface area contributed by atoms with Crippen LogP contribution in [0.3, 0.4) is 0 Å². The molecule has 0 heterocycles. The van der Waals surface area contributed by atoms with Crippen molar-refractivity contribution in [2.75, 3.05) is 0 Å². The van der Waals surface area contributed by atoms with Gasteiger partial charge in [0.15, 0.2) is 0 Å². The zero-order chi connectivity index (χ0) is 11.4. The molecule has 88 valence electrons. The fourth-order valence-corrected chi connectivity index (χ4v) is 2.65. The van der Waals surface area contributed by atoms with E-state index in [0.717, 1.165) is 25.7 Å². The molecule has 2 atom stereocenters. The monoisotopic (exact) mass is 218 g/mol. The van der Waals surface area contributed by atoms with Gasteiger partial charge >= 0.3 is 0 Å². The summed E-state index contributed by atoms with van der Waals surface area (Å²) in [6.07, 6.45) is 6.78. The third kappa shape index (κ3) is 2.85. The van der Waals surface area contributed by atoms with Gasteiger partial charge in [0.2, 0.25) is 0 Å². The molecule has 1 fully saturated rings. The van der Waals surface area contributed by atoms with Gasteiger partial charge in [0.05, 0.1) is 6.10 Å². The minimum absolute atomic E-state index is 0.0325. The Hall–Kier alpha value is -0.820. The molecule has 2 unspecified atom stereocenters. The molecular weight excluding hydrogens is 196 g/mol. The Morgan fingerprint density at radius 2 is 1.81 bits per heavy atom. The summed E-state index contributed by atoms with van der Waals surface area (Å²) in [6.45, 7) is 2.18. The highest BCUT2D eigenvalue weighted by Crippen LogP contribution is 2.29. The van der Waals surface area contributed by atoms with Crippen LogP contribution in [0.1, 0.15) is 43.7 Å². The molecule has 1 aliphatic carbocycles. The first kappa shape index (κ1) is 11.7. The second-order valence-electron chi connectivity index (χ2n) is 4.97. The predicted molar refractivity (Wildman–Crippen MR) is 67.5 cm³/mol. The first-order valence-electron chi connectivity index (χ1n) is 6.55. The number of benzene rings is 1. The van der Waals surface area contributed by atoms with Crippen LogP contribution in [0.5, 0.6) is 0 Å². The van der Waals surface area contributed by atoms with E-state index in [1.54, 1.807) is 0 Å². The van der Waals surface area contributed by atoms with Crippen molar-refractivity contribution in [3.63, 3.8) is 0 Å². The molecule has 1 nitrogen and oxygen atoms in total. The van der Waals surface area contributed by atoms with E-state index in [2.05, 4.69) is 31.2 Å². The van der Waals surface area contributed by atoms with Crippen molar-refractivity contribution in [1.29, 1.82) is 0 Å². The summed E-state index contributed by atoms with van der Waals surface area (Å²) in [7, 11) is 0. The molecule has 0 aromatic heterocycles. The quantitative estimate of drug-likeness (QED) is 0.821. The van der Waals surface area contributed by atoms with Gasteiger partial charge in [0.1, 0.15) is 0 Å². The van der Waals surface area contributed by atoms with Crippen LogP contribution >= 0.6 is 0 Å². The van der Waals surface area contributed by atoms with Gasteiger partial charge in [0.25, 0.3) is 0 Å². The third-order valence-corrected chi connectivity index (χ3v) is 3.85. The summed E-state index contributed by atoms with van der Waals surface area (Å²) >= 11 is 0. The number of hydrogen-bond donors (Lipinski definition) is 1. The Balaban J connectivity index is 1.84. The lowest BCUT2D eigenvalue weighted by atomic mass is 9.96. The van der Waals surface area contributed by atoms with Crippen molar-refractivity contribution in [2.45, 2.75) is 51.6 Å². The lowest BCUT2D eigenvalue weighted by Gasteiger charge is -2.13. The highest BCUT2D eigenvalue weighted by Gasteiger charge is 2.24. The molecule has 0 radical (unpaired) electrons. The van der Waals surface area contributed by atoms with Crippen LogP contribution < -0.4 is 0 Å². The van der Waals surface area contributed by atoms with E-state index in [4.69, 9.17) is 0 Å². The molecular formula is C15H22O. The molecule has 16 heavy (non-hydrogen) atoms. The van der Waals surface area contributed by atoms with Crippen LogP contribution in [0.2, 0.25) is 0 Å². The van der Waals surface area contributed by atoms with E-state index in [-0.39, 0.29) is 6.10 Å². The van der Waals surface area contributed by atoms with Crippen molar-refractivity contribution in [1.82, 2.24) is 0 Å². The molecule has 1 aromatic rings. The maximum atomic E-state index is 9.75. The molecule has 0 aliphatic heterocycles. The number of hydrogen-bond acceptors (Lipinski definition) is 1. The summed E-state index contributed by atoms with van der Waals surface area (Å²) in [6, 6.07) is 8.92. The number of aliphatic hydroxyl groups is 1. The Morgan fingerprint density at radius 3 is 2.38 bits per heavy atom. The van der Waals surface area contributed by atoms with Gasteiger partial charge in [0, 0.05) is 0 Å². The molecule has 0 amide bonds. The summed E-state index contributed by atoms with van der Waals surface area (Å²) in [4.78, 5) is 0. The zero-order valence-corrected chi connectivity index (χ0v) is 10.2. The van der Waals surface area contributed by atoms with Crippen LogP contribution in [-0.4, -0.2) is 11.2 Å². The van der Waals surface area contributed by atoms with Crippen molar-refractivity contribution in [3.8, 4) is 0 Å². The molecule has 0 spiro atoms. The Labute approximate surface area is 98.5 Å². The molecule has 1 saturated carbocycles. The second kappa shape index (κ2) is 5.49. The van der Waals surface area contributed by atoms with Gasteiger partial charge < -0.3 is 5.11 Å². The number of rotatable bonds is 4. The zero-order valence-electron chi connectivity index (χ0n) is 10.2. The Morgan fingerprint density at radius 1 is 1.12 bits per heavy atom. The first-order valence-corrected chi connectivity index (χ1v) is 6.55. The van der Waals surface area contributed by atoms with Gasteiger partial charge in [-0.15, -0.1) is 0 Å². The third-order valence-electron chi connectivity index (χ3n) is 3.85. The van der Waals surface area contributed by atoms with Crippen LogP contribution in [0.25, 0.3) is 0 Å². The van der Waals surface area contributed by atoms with Crippen molar-refractivity contribution in [3.05, 3.63) is 35.4 Å². The molecule has 0 saturated heterocycles. The van der Waals surface area contributed by atoms with E-state index < -0.39 is 0 Å². The van der Waals surface area contributed by atoms with Gasteiger partial charge in [-0.05, 0) is 49.1 Å². The fraction of sp³-hybridized carbons (Fsp3) is 0.600. The summed E-state index contributed by atoms with van der Waals surface area (Å²) in [5.41, 5.74) is 2.82. The highest BCUT2D eigenvalue weighted by molar-refractivity contribution is 5.22. The molecule has 2 rings (SSSR count). The van der Waals surface area contributed by atoms with Gasteiger partial charge in [-0.1, -0.05) is 37.6 Å². The first-order chi connectivity index (χ1) is 7.79. The molecule has 1 N–H and O–H groups in total. The summed E-state index contributed by atoms with van der Waals surface area (Å²) in [5, 5.41) is 9.75.